The van der Waals surface area contributed by atoms with Gasteiger partial charge in [0, 0.05) is 49.5 Å². The van der Waals surface area contributed by atoms with Crippen molar-refractivity contribution in [2.75, 3.05) is 6.54 Å². The lowest BCUT2D eigenvalue weighted by atomic mass is 9.80. The van der Waals surface area contributed by atoms with Gasteiger partial charge in [0.25, 0.3) is 5.91 Å². The lowest BCUT2D eigenvalue weighted by molar-refractivity contribution is -0.106. The fraction of sp³-hybridized carbons (Fsp3) is 0.538. The van der Waals surface area contributed by atoms with Gasteiger partial charge < -0.3 is 15.0 Å². The third-order valence-corrected chi connectivity index (χ3v) is 8.28. The first kappa shape index (κ1) is 22.7. The first-order chi connectivity index (χ1) is 16.9. The maximum absolute atomic E-state index is 13.9. The van der Waals surface area contributed by atoms with E-state index in [-0.39, 0.29) is 29.6 Å². The van der Waals surface area contributed by atoms with Crippen LogP contribution in [0.5, 0.6) is 5.75 Å². The van der Waals surface area contributed by atoms with Crippen molar-refractivity contribution in [3.63, 3.8) is 0 Å². The second-order valence-corrected chi connectivity index (χ2v) is 10.4. The second kappa shape index (κ2) is 8.71. The van der Waals surface area contributed by atoms with Crippen LogP contribution < -0.4 is 10.7 Å². The quantitative estimate of drug-likeness (QED) is 0.698. The minimum absolute atomic E-state index is 0.113. The van der Waals surface area contributed by atoms with Crippen molar-refractivity contribution in [3.8, 4) is 5.75 Å². The zero-order valence-electron chi connectivity index (χ0n) is 19.6. The lowest BCUT2D eigenvalue weighted by Crippen LogP contribution is -2.65. The number of aromatic hydroxyl groups is 1. The maximum Gasteiger partial charge on any atom is 0.257 e. The van der Waals surface area contributed by atoms with Crippen LogP contribution in [0.4, 0.5) is 8.78 Å². The number of carbonyl (C=O) groups excluding carboxylic acids is 1. The summed E-state index contributed by atoms with van der Waals surface area (Å²) in [6.07, 6.45) is 8.97. The Morgan fingerprint density at radius 1 is 1.09 bits per heavy atom. The molecule has 3 fully saturated rings. The van der Waals surface area contributed by atoms with E-state index in [0.717, 1.165) is 25.1 Å². The average Bonchev–Trinajstić information content (AvgIpc) is 3.69. The van der Waals surface area contributed by atoms with Gasteiger partial charge in [-0.2, -0.15) is 0 Å². The van der Waals surface area contributed by atoms with Crippen LogP contribution in [0, 0.1) is 17.6 Å². The second-order valence-electron chi connectivity index (χ2n) is 10.4. The number of benzene rings is 1. The molecule has 2 aromatic rings. The Balaban J connectivity index is 1.28. The summed E-state index contributed by atoms with van der Waals surface area (Å²) in [4.78, 5) is 30.9. The molecule has 1 aromatic heterocycles. The van der Waals surface area contributed by atoms with Crippen LogP contribution in [0.1, 0.15) is 60.1 Å². The highest BCUT2D eigenvalue weighted by Crippen LogP contribution is 2.43. The summed E-state index contributed by atoms with van der Waals surface area (Å²) in [5, 5.41) is 13.4. The van der Waals surface area contributed by atoms with E-state index in [2.05, 4.69) is 15.1 Å². The molecule has 3 heterocycles. The first-order valence-electron chi connectivity index (χ1n) is 12.6. The third-order valence-electron chi connectivity index (χ3n) is 8.28. The minimum atomic E-state index is -0.770. The van der Waals surface area contributed by atoms with E-state index in [1.807, 2.05) is 4.57 Å². The number of aromatic nitrogens is 1. The molecule has 2 aliphatic heterocycles. The van der Waals surface area contributed by atoms with Gasteiger partial charge in [-0.25, -0.2) is 8.78 Å². The van der Waals surface area contributed by atoms with Crippen LogP contribution in [0.15, 0.2) is 29.2 Å². The smallest absolute Gasteiger partial charge is 0.257 e. The zero-order chi connectivity index (χ0) is 24.3. The molecule has 2 saturated carbocycles. The molecule has 1 saturated heterocycles. The Hall–Kier alpha value is -2.78. The molecule has 0 spiro atoms. The first-order valence-corrected chi connectivity index (χ1v) is 12.6. The van der Waals surface area contributed by atoms with Crippen molar-refractivity contribution < 1.29 is 18.7 Å². The summed E-state index contributed by atoms with van der Waals surface area (Å²) in [5.41, 5.74) is -0.231. The molecule has 186 valence electrons. The predicted octanol–water partition coefficient (Wildman–Crippen LogP) is 2.94. The van der Waals surface area contributed by atoms with Gasteiger partial charge in [0.15, 0.2) is 5.75 Å². The lowest BCUT2D eigenvalue weighted by Gasteiger charge is -2.56. The van der Waals surface area contributed by atoms with Crippen LogP contribution in [-0.2, 0) is 19.6 Å². The van der Waals surface area contributed by atoms with E-state index >= 15 is 0 Å². The highest BCUT2D eigenvalue weighted by Gasteiger charge is 2.48. The van der Waals surface area contributed by atoms with Gasteiger partial charge in [-0.3, -0.25) is 19.4 Å². The van der Waals surface area contributed by atoms with Gasteiger partial charge in [0.05, 0.1) is 18.4 Å². The summed E-state index contributed by atoms with van der Waals surface area (Å²) in [7, 11) is 0. The van der Waals surface area contributed by atoms with Gasteiger partial charge in [-0.05, 0) is 37.7 Å². The van der Waals surface area contributed by atoms with Crippen molar-refractivity contribution in [3.05, 3.63) is 63.1 Å². The monoisotopic (exact) mass is 484 g/mol. The van der Waals surface area contributed by atoms with Gasteiger partial charge in [-0.15, -0.1) is 0 Å². The molecular formula is C26H30F2N4O3. The number of pyridine rings is 1. The fourth-order valence-electron chi connectivity index (χ4n) is 6.33. The summed E-state index contributed by atoms with van der Waals surface area (Å²) in [6.45, 7) is 1.96. The third kappa shape index (κ3) is 4.04. The molecule has 0 bridgehead atoms. The Kier molecular flexibility index (Phi) is 5.64. The maximum atomic E-state index is 13.9. The van der Waals surface area contributed by atoms with Gasteiger partial charge in [0.1, 0.15) is 17.2 Å². The Labute approximate surface area is 202 Å². The number of nitrogens with one attached hydrogen (secondary N) is 1. The summed E-state index contributed by atoms with van der Waals surface area (Å²) >= 11 is 0. The fourth-order valence-corrected chi connectivity index (χ4v) is 6.33. The van der Waals surface area contributed by atoms with Gasteiger partial charge in [-0.1, -0.05) is 18.9 Å². The standard InChI is InChI=1S/C26H30F2N4O3/c27-17-6-5-15(20(28)9-17)10-29-26(35)19-12-30-14-23-31(18-7-8-18)11-16-3-1-2-4-21(16)32(23)13-22(30)25(34)24(19)33/h5-6,9,12,16,18,21,23,34H,1-4,7-8,10-11,13-14H2,(H,29,35)/t16-,21-,23-/m0/s1. The van der Waals surface area contributed by atoms with Crippen LogP contribution in [0.25, 0.3) is 0 Å². The molecule has 1 aromatic carbocycles. The van der Waals surface area contributed by atoms with E-state index in [4.69, 9.17) is 0 Å². The van der Waals surface area contributed by atoms with Crippen molar-refractivity contribution >= 4 is 5.91 Å². The molecule has 7 nitrogen and oxygen atoms in total. The Morgan fingerprint density at radius 3 is 2.66 bits per heavy atom. The predicted molar refractivity (Wildman–Crippen MR) is 125 cm³/mol. The summed E-state index contributed by atoms with van der Waals surface area (Å²) in [6, 6.07) is 4.17. The number of amides is 1. The van der Waals surface area contributed by atoms with Crippen molar-refractivity contribution in [1.29, 1.82) is 0 Å². The van der Waals surface area contributed by atoms with Crippen molar-refractivity contribution in [2.45, 2.75) is 76.4 Å². The molecule has 2 N–H and O–H groups in total. The van der Waals surface area contributed by atoms with Crippen LogP contribution in [-0.4, -0.2) is 50.2 Å². The van der Waals surface area contributed by atoms with Gasteiger partial charge >= 0.3 is 0 Å². The molecule has 2 aliphatic carbocycles. The Bertz CT molecular complexity index is 1230. The molecule has 3 atom stereocenters. The Morgan fingerprint density at radius 2 is 1.89 bits per heavy atom. The number of rotatable bonds is 4. The van der Waals surface area contributed by atoms with E-state index in [0.29, 0.717) is 36.8 Å². The largest absolute Gasteiger partial charge is 0.503 e. The van der Waals surface area contributed by atoms with E-state index in [1.54, 1.807) is 0 Å². The van der Waals surface area contributed by atoms with Gasteiger partial charge in [0.2, 0.25) is 5.43 Å². The number of fused-ring (bicyclic) bond motifs is 4. The molecular weight excluding hydrogens is 454 g/mol. The minimum Gasteiger partial charge on any atom is -0.503 e. The molecule has 0 unspecified atom stereocenters. The molecule has 1 amide bonds. The number of hydrogen-bond acceptors (Lipinski definition) is 5. The number of hydrogen-bond donors (Lipinski definition) is 2. The van der Waals surface area contributed by atoms with E-state index in [1.165, 1.54) is 44.4 Å². The number of halogens is 2. The van der Waals surface area contributed by atoms with Crippen LogP contribution >= 0.6 is 0 Å². The highest BCUT2D eigenvalue weighted by atomic mass is 19.1. The number of carbonyl (C=O) groups is 1. The van der Waals surface area contributed by atoms with Crippen molar-refractivity contribution in [2.24, 2.45) is 5.92 Å². The topological polar surface area (TPSA) is 77.8 Å². The van der Waals surface area contributed by atoms with Crippen LogP contribution in [0.2, 0.25) is 0 Å². The molecule has 0 radical (unpaired) electrons. The molecule has 9 heteroatoms. The zero-order valence-corrected chi connectivity index (χ0v) is 19.6. The SMILES string of the molecule is O=C(NCc1ccc(F)cc1F)c1cn2c(c(O)c1=O)CN1[C@H]3CCCC[C@H]3CN(C3CC3)[C@@H]1C2. The summed E-state index contributed by atoms with van der Waals surface area (Å²) < 4.78 is 29.0. The molecule has 6 rings (SSSR count). The van der Waals surface area contributed by atoms with E-state index in [9.17, 15) is 23.5 Å². The highest BCUT2D eigenvalue weighted by molar-refractivity contribution is 5.94. The van der Waals surface area contributed by atoms with Crippen molar-refractivity contribution in [1.82, 2.24) is 19.7 Å². The normalized spacial score (nSPS) is 26.5. The molecule has 4 aliphatic rings. The van der Waals surface area contributed by atoms with Crippen LogP contribution in [0.3, 0.4) is 0 Å². The molecule has 35 heavy (non-hydrogen) atoms. The number of nitrogens with zero attached hydrogens (tertiary/aromatic N) is 3. The van der Waals surface area contributed by atoms with E-state index < -0.39 is 23.0 Å². The average molecular weight is 485 g/mol. The summed E-state index contributed by atoms with van der Waals surface area (Å²) in [5.74, 6) is -1.93.